The molecule has 2 rings (SSSR count). The van der Waals surface area contributed by atoms with Gasteiger partial charge in [-0.1, -0.05) is 25.8 Å². The number of benzene rings is 1. The van der Waals surface area contributed by atoms with Crippen LogP contribution in [0.4, 0.5) is 4.39 Å². The molecule has 1 aromatic carbocycles. The predicted molar refractivity (Wildman–Crippen MR) is 87.3 cm³/mol. The third-order valence-electron chi connectivity index (χ3n) is 4.05. The topological polar surface area (TPSA) is 52.9 Å². The zero-order valence-electron chi connectivity index (χ0n) is 12.4. The van der Waals surface area contributed by atoms with Crippen LogP contribution in [0.15, 0.2) is 28.2 Å². The number of nitrogens with zero attached hydrogens (tertiary/aromatic N) is 1. The van der Waals surface area contributed by atoms with E-state index in [1.807, 2.05) is 6.07 Å². The fourth-order valence-electron chi connectivity index (χ4n) is 2.69. The summed E-state index contributed by atoms with van der Waals surface area (Å²) in [4.78, 5) is 12.3. The predicted octanol–water partition coefficient (Wildman–Crippen LogP) is 4.19. The van der Waals surface area contributed by atoms with Gasteiger partial charge in [-0.2, -0.15) is 5.26 Å². The van der Waals surface area contributed by atoms with Crippen molar-refractivity contribution in [1.29, 1.82) is 5.26 Å². The van der Waals surface area contributed by atoms with Crippen LogP contribution in [0.25, 0.3) is 6.08 Å². The van der Waals surface area contributed by atoms with E-state index in [0.29, 0.717) is 16.0 Å². The summed E-state index contributed by atoms with van der Waals surface area (Å²) in [6.45, 7) is 2.12. The van der Waals surface area contributed by atoms with E-state index in [-0.39, 0.29) is 23.3 Å². The highest BCUT2D eigenvalue weighted by Crippen LogP contribution is 2.24. The van der Waals surface area contributed by atoms with E-state index in [9.17, 15) is 14.4 Å². The Kier molecular flexibility index (Phi) is 5.73. The van der Waals surface area contributed by atoms with Gasteiger partial charge in [0.05, 0.1) is 4.47 Å². The fraction of sp³-hybridized carbons (Fsp3) is 0.412. The molecule has 1 N–H and O–H groups in total. The van der Waals surface area contributed by atoms with Gasteiger partial charge < -0.3 is 5.32 Å². The van der Waals surface area contributed by atoms with Crippen molar-refractivity contribution >= 4 is 27.9 Å². The summed E-state index contributed by atoms with van der Waals surface area (Å²) in [6, 6.07) is 6.43. The minimum absolute atomic E-state index is 0.0382. The lowest BCUT2D eigenvalue weighted by molar-refractivity contribution is -0.118. The zero-order chi connectivity index (χ0) is 16.1. The molecule has 0 heterocycles. The molecule has 22 heavy (non-hydrogen) atoms. The summed E-state index contributed by atoms with van der Waals surface area (Å²) in [7, 11) is 0. The number of amides is 1. The number of nitriles is 1. The van der Waals surface area contributed by atoms with E-state index in [1.54, 1.807) is 6.07 Å². The molecule has 5 heteroatoms. The summed E-state index contributed by atoms with van der Waals surface area (Å²) in [5.74, 6) is -0.310. The Morgan fingerprint density at radius 1 is 1.45 bits per heavy atom. The van der Waals surface area contributed by atoms with Crippen LogP contribution in [0.1, 0.15) is 38.2 Å². The Morgan fingerprint density at radius 3 is 2.82 bits per heavy atom. The maximum absolute atomic E-state index is 13.2. The van der Waals surface area contributed by atoms with Gasteiger partial charge in [0.15, 0.2) is 0 Å². The third kappa shape index (κ3) is 4.17. The Hall–Kier alpha value is -1.67. The van der Waals surface area contributed by atoms with E-state index in [4.69, 9.17) is 0 Å². The molecular weight excluding hydrogens is 347 g/mol. The molecule has 0 spiro atoms. The third-order valence-corrected chi connectivity index (χ3v) is 4.66. The number of carbonyl (C=O) groups excluding carboxylic acids is 1. The van der Waals surface area contributed by atoms with Gasteiger partial charge in [-0.05, 0) is 58.5 Å². The lowest BCUT2D eigenvalue weighted by atomic mass is 9.86. The molecule has 1 fully saturated rings. The van der Waals surface area contributed by atoms with Crippen molar-refractivity contribution in [2.75, 3.05) is 0 Å². The SMILES string of the molecule is C[C@H]1CCCC[C@H]1NC(=O)/C(C#N)=C/c1ccc(F)c(Br)c1. The molecule has 2 atom stereocenters. The maximum Gasteiger partial charge on any atom is 0.262 e. The summed E-state index contributed by atoms with van der Waals surface area (Å²) < 4.78 is 13.5. The first-order valence-corrected chi connectivity index (χ1v) is 8.18. The average molecular weight is 365 g/mol. The molecule has 1 aromatic rings. The van der Waals surface area contributed by atoms with E-state index in [2.05, 4.69) is 28.2 Å². The lowest BCUT2D eigenvalue weighted by Gasteiger charge is -2.29. The van der Waals surface area contributed by atoms with Crippen molar-refractivity contribution in [2.24, 2.45) is 5.92 Å². The minimum atomic E-state index is -0.379. The Labute approximate surface area is 138 Å². The Balaban J connectivity index is 2.13. The van der Waals surface area contributed by atoms with Crippen LogP contribution in [0.3, 0.4) is 0 Å². The zero-order valence-corrected chi connectivity index (χ0v) is 14.0. The van der Waals surface area contributed by atoms with Crippen molar-refractivity contribution in [1.82, 2.24) is 5.32 Å². The van der Waals surface area contributed by atoms with E-state index >= 15 is 0 Å². The maximum atomic E-state index is 13.2. The highest BCUT2D eigenvalue weighted by molar-refractivity contribution is 9.10. The largest absolute Gasteiger partial charge is 0.348 e. The van der Waals surface area contributed by atoms with Crippen molar-refractivity contribution in [3.8, 4) is 6.07 Å². The van der Waals surface area contributed by atoms with Crippen LogP contribution < -0.4 is 5.32 Å². The van der Waals surface area contributed by atoms with Gasteiger partial charge in [-0.25, -0.2) is 4.39 Å². The molecule has 0 aromatic heterocycles. The smallest absolute Gasteiger partial charge is 0.262 e. The molecule has 116 valence electrons. The quantitative estimate of drug-likeness (QED) is 0.645. The van der Waals surface area contributed by atoms with Gasteiger partial charge in [0.1, 0.15) is 17.5 Å². The first-order chi connectivity index (χ1) is 10.5. The Bertz CT molecular complexity index is 636. The molecule has 1 amide bonds. The monoisotopic (exact) mass is 364 g/mol. The molecule has 1 saturated carbocycles. The molecule has 0 bridgehead atoms. The van der Waals surface area contributed by atoms with Gasteiger partial charge in [0, 0.05) is 6.04 Å². The first kappa shape index (κ1) is 16.7. The van der Waals surface area contributed by atoms with Crippen LogP contribution in [-0.2, 0) is 4.79 Å². The molecule has 0 aliphatic heterocycles. The molecular formula is C17H18BrFN2O. The summed E-state index contributed by atoms with van der Waals surface area (Å²) in [6.07, 6.45) is 5.83. The Morgan fingerprint density at radius 2 is 2.18 bits per heavy atom. The van der Waals surface area contributed by atoms with Crippen molar-refractivity contribution < 1.29 is 9.18 Å². The highest BCUT2D eigenvalue weighted by Gasteiger charge is 2.24. The highest BCUT2D eigenvalue weighted by atomic mass is 79.9. The van der Waals surface area contributed by atoms with E-state index in [0.717, 1.165) is 19.3 Å². The molecule has 1 aliphatic carbocycles. The van der Waals surface area contributed by atoms with Crippen LogP contribution in [0.5, 0.6) is 0 Å². The van der Waals surface area contributed by atoms with Crippen LogP contribution in [-0.4, -0.2) is 11.9 Å². The van der Waals surface area contributed by atoms with Crippen LogP contribution in [0.2, 0.25) is 0 Å². The summed E-state index contributed by atoms with van der Waals surface area (Å²) in [5, 5.41) is 12.2. The van der Waals surface area contributed by atoms with Crippen LogP contribution in [0, 0.1) is 23.1 Å². The first-order valence-electron chi connectivity index (χ1n) is 7.39. The van der Waals surface area contributed by atoms with Crippen molar-refractivity contribution in [2.45, 2.75) is 38.6 Å². The molecule has 0 radical (unpaired) electrons. The number of nitrogens with one attached hydrogen (secondary N) is 1. The van der Waals surface area contributed by atoms with E-state index in [1.165, 1.54) is 24.6 Å². The molecule has 1 aliphatic rings. The minimum Gasteiger partial charge on any atom is -0.348 e. The summed E-state index contributed by atoms with van der Waals surface area (Å²) in [5.41, 5.74) is 0.646. The van der Waals surface area contributed by atoms with Gasteiger partial charge in [-0.3, -0.25) is 4.79 Å². The fourth-order valence-corrected chi connectivity index (χ4v) is 3.09. The number of hydrogen-bond acceptors (Lipinski definition) is 2. The standard InChI is InChI=1S/C17H18BrFN2O/c1-11-4-2-3-5-16(11)21-17(22)13(10-20)8-12-6-7-15(19)14(18)9-12/h6-9,11,16H,2-5H2,1H3,(H,21,22)/b13-8+/t11-,16+/m0/s1. The van der Waals surface area contributed by atoms with Crippen LogP contribution >= 0.6 is 15.9 Å². The van der Waals surface area contributed by atoms with Gasteiger partial charge in [-0.15, -0.1) is 0 Å². The lowest BCUT2D eigenvalue weighted by Crippen LogP contribution is -2.41. The number of hydrogen-bond donors (Lipinski definition) is 1. The molecule has 0 saturated heterocycles. The number of carbonyl (C=O) groups is 1. The molecule has 3 nitrogen and oxygen atoms in total. The second-order valence-corrected chi connectivity index (χ2v) is 6.54. The normalized spacial score (nSPS) is 22.0. The van der Waals surface area contributed by atoms with Gasteiger partial charge >= 0.3 is 0 Å². The molecule has 0 unspecified atom stereocenters. The van der Waals surface area contributed by atoms with Crippen molar-refractivity contribution in [3.05, 3.63) is 39.6 Å². The second-order valence-electron chi connectivity index (χ2n) is 5.69. The average Bonchev–Trinajstić information content (AvgIpc) is 2.50. The van der Waals surface area contributed by atoms with Gasteiger partial charge in [0.25, 0.3) is 5.91 Å². The van der Waals surface area contributed by atoms with Crippen molar-refractivity contribution in [3.63, 3.8) is 0 Å². The number of halogens is 2. The second kappa shape index (κ2) is 7.55. The number of rotatable bonds is 3. The summed E-state index contributed by atoms with van der Waals surface area (Å²) >= 11 is 3.09. The van der Waals surface area contributed by atoms with Gasteiger partial charge in [0.2, 0.25) is 0 Å². The van der Waals surface area contributed by atoms with E-state index < -0.39 is 0 Å².